The van der Waals surface area contributed by atoms with E-state index in [9.17, 15) is 4.79 Å². The molecule has 1 aliphatic carbocycles. The van der Waals surface area contributed by atoms with Crippen LogP contribution in [-0.2, 0) is 11.2 Å². The highest BCUT2D eigenvalue weighted by molar-refractivity contribution is 6.32. The van der Waals surface area contributed by atoms with E-state index in [1.165, 1.54) is 5.56 Å². The first kappa shape index (κ1) is 14.9. The Kier molecular flexibility index (Phi) is 4.34. The number of carbonyl (C=O) groups excluding carboxylic acids is 1. The maximum absolute atomic E-state index is 12.6. The monoisotopic (exact) mass is 315 g/mol. The molecule has 2 aromatic rings. The number of benzene rings is 2. The Morgan fingerprint density at radius 3 is 2.86 bits per heavy atom. The Morgan fingerprint density at radius 1 is 1.27 bits per heavy atom. The Balaban J connectivity index is 1.79. The van der Waals surface area contributed by atoms with Gasteiger partial charge in [0.1, 0.15) is 5.75 Å². The molecule has 0 radical (unpaired) electrons. The molecule has 0 heterocycles. The van der Waals surface area contributed by atoms with Gasteiger partial charge >= 0.3 is 0 Å². The van der Waals surface area contributed by atoms with Crippen LogP contribution in [0.15, 0.2) is 42.5 Å². The molecular formula is C18H18ClNO2. The number of halogens is 1. The maximum atomic E-state index is 12.6. The molecule has 3 nitrogen and oxygen atoms in total. The molecule has 2 aromatic carbocycles. The molecule has 0 saturated carbocycles. The highest BCUT2D eigenvalue weighted by Crippen LogP contribution is 2.33. The summed E-state index contributed by atoms with van der Waals surface area (Å²) in [5.41, 5.74) is 3.12. The molecule has 0 saturated heterocycles. The van der Waals surface area contributed by atoms with Crippen molar-refractivity contribution in [3.63, 3.8) is 0 Å². The second-order valence-corrected chi connectivity index (χ2v) is 5.89. The van der Waals surface area contributed by atoms with E-state index in [2.05, 4.69) is 17.4 Å². The number of rotatable bonds is 3. The summed E-state index contributed by atoms with van der Waals surface area (Å²) >= 11 is 6.10. The summed E-state index contributed by atoms with van der Waals surface area (Å²) in [4.78, 5) is 12.6. The minimum atomic E-state index is -0.0918. The number of carbonyl (C=O) groups is 1. The van der Waals surface area contributed by atoms with Crippen LogP contribution in [0.2, 0.25) is 5.02 Å². The lowest BCUT2D eigenvalue weighted by Gasteiger charge is -2.24. The fourth-order valence-corrected chi connectivity index (χ4v) is 3.26. The third-order valence-electron chi connectivity index (χ3n) is 4.11. The molecular weight excluding hydrogens is 298 g/mol. The summed E-state index contributed by atoms with van der Waals surface area (Å²) in [6.45, 7) is 0. The number of hydrogen-bond acceptors (Lipinski definition) is 2. The van der Waals surface area contributed by atoms with E-state index in [0.29, 0.717) is 16.5 Å². The summed E-state index contributed by atoms with van der Waals surface area (Å²) in [5.74, 6) is 0.530. The molecule has 1 amide bonds. The zero-order valence-electron chi connectivity index (χ0n) is 12.4. The molecule has 4 heteroatoms. The summed E-state index contributed by atoms with van der Waals surface area (Å²) in [6.07, 6.45) is 2.97. The Labute approximate surface area is 135 Å². The quantitative estimate of drug-likeness (QED) is 0.911. The first-order chi connectivity index (χ1) is 10.7. The van der Waals surface area contributed by atoms with Gasteiger partial charge in [-0.05, 0) is 48.6 Å². The van der Waals surface area contributed by atoms with Crippen molar-refractivity contribution in [2.45, 2.75) is 25.2 Å². The smallest absolute Gasteiger partial charge is 0.231 e. The van der Waals surface area contributed by atoms with E-state index in [-0.39, 0.29) is 11.8 Å². The third kappa shape index (κ3) is 2.95. The molecule has 0 bridgehead atoms. The molecule has 114 valence electrons. The van der Waals surface area contributed by atoms with Gasteiger partial charge in [0.15, 0.2) is 0 Å². The fraction of sp³-hybridized carbons (Fsp3) is 0.278. The van der Waals surface area contributed by atoms with Crippen molar-refractivity contribution in [3.05, 3.63) is 58.6 Å². The van der Waals surface area contributed by atoms with Crippen molar-refractivity contribution >= 4 is 23.2 Å². The fourth-order valence-electron chi connectivity index (χ4n) is 3.00. The van der Waals surface area contributed by atoms with Gasteiger partial charge in [-0.15, -0.1) is 0 Å². The number of ether oxygens (including phenoxy) is 1. The van der Waals surface area contributed by atoms with Crippen LogP contribution in [0.25, 0.3) is 0 Å². The SMILES string of the molecule is COc1ccc(NC(=O)C2CCCc3ccccc32)cc1Cl. The predicted octanol–water partition coefficient (Wildman–Crippen LogP) is 4.41. The second-order valence-electron chi connectivity index (χ2n) is 5.48. The molecule has 1 atom stereocenters. The molecule has 0 spiro atoms. The van der Waals surface area contributed by atoms with Crippen LogP contribution in [0, 0.1) is 0 Å². The van der Waals surface area contributed by atoms with Crippen LogP contribution in [-0.4, -0.2) is 13.0 Å². The van der Waals surface area contributed by atoms with E-state index in [4.69, 9.17) is 16.3 Å². The van der Waals surface area contributed by atoms with Crippen molar-refractivity contribution < 1.29 is 9.53 Å². The van der Waals surface area contributed by atoms with Crippen LogP contribution < -0.4 is 10.1 Å². The van der Waals surface area contributed by atoms with Crippen LogP contribution in [0.1, 0.15) is 29.9 Å². The number of methoxy groups -OCH3 is 1. The standard InChI is InChI=1S/C18H18ClNO2/c1-22-17-10-9-13(11-16(17)19)20-18(21)15-8-4-6-12-5-2-3-7-14(12)15/h2-3,5,7,9-11,15H,4,6,8H2,1H3,(H,20,21). The highest BCUT2D eigenvalue weighted by atomic mass is 35.5. The van der Waals surface area contributed by atoms with Crippen LogP contribution >= 0.6 is 11.6 Å². The number of hydrogen-bond donors (Lipinski definition) is 1. The molecule has 3 rings (SSSR count). The van der Waals surface area contributed by atoms with E-state index >= 15 is 0 Å². The summed E-state index contributed by atoms with van der Waals surface area (Å²) in [5, 5.41) is 3.46. The van der Waals surface area contributed by atoms with E-state index in [1.54, 1.807) is 25.3 Å². The molecule has 1 aliphatic rings. The van der Waals surface area contributed by atoms with Gasteiger partial charge < -0.3 is 10.1 Å². The number of anilines is 1. The van der Waals surface area contributed by atoms with Gasteiger partial charge in [-0.1, -0.05) is 35.9 Å². The van der Waals surface area contributed by atoms with Crippen molar-refractivity contribution in [1.82, 2.24) is 0 Å². The number of amides is 1. The van der Waals surface area contributed by atoms with Gasteiger partial charge in [0.25, 0.3) is 0 Å². The Morgan fingerprint density at radius 2 is 2.09 bits per heavy atom. The minimum Gasteiger partial charge on any atom is -0.495 e. The molecule has 1 unspecified atom stereocenters. The topological polar surface area (TPSA) is 38.3 Å². The lowest BCUT2D eigenvalue weighted by atomic mass is 9.82. The normalized spacial score (nSPS) is 16.7. The van der Waals surface area contributed by atoms with Crippen molar-refractivity contribution in [2.75, 3.05) is 12.4 Å². The number of fused-ring (bicyclic) bond motifs is 1. The number of nitrogens with one attached hydrogen (secondary N) is 1. The van der Waals surface area contributed by atoms with Gasteiger partial charge in [0, 0.05) is 5.69 Å². The molecule has 1 N–H and O–H groups in total. The molecule has 22 heavy (non-hydrogen) atoms. The van der Waals surface area contributed by atoms with Gasteiger partial charge in [-0.25, -0.2) is 0 Å². The van der Waals surface area contributed by atoms with Gasteiger partial charge in [-0.2, -0.15) is 0 Å². The largest absolute Gasteiger partial charge is 0.495 e. The average molecular weight is 316 g/mol. The summed E-state index contributed by atoms with van der Waals surface area (Å²) in [6, 6.07) is 13.5. The number of aryl methyl sites for hydroxylation is 1. The minimum absolute atomic E-state index is 0.0217. The van der Waals surface area contributed by atoms with Crippen molar-refractivity contribution in [1.29, 1.82) is 0 Å². The summed E-state index contributed by atoms with van der Waals surface area (Å²) in [7, 11) is 1.57. The van der Waals surface area contributed by atoms with Crippen molar-refractivity contribution in [3.8, 4) is 5.75 Å². The van der Waals surface area contributed by atoms with E-state index < -0.39 is 0 Å². The van der Waals surface area contributed by atoms with Crippen LogP contribution in [0.3, 0.4) is 0 Å². The predicted molar refractivity (Wildman–Crippen MR) is 88.8 cm³/mol. The second kappa shape index (κ2) is 6.41. The van der Waals surface area contributed by atoms with Gasteiger partial charge in [0.05, 0.1) is 18.1 Å². The zero-order chi connectivity index (χ0) is 15.5. The lowest BCUT2D eigenvalue weighted by Crippen LogP contribution is -2.24. The lowest BCUT2D eigenvalue weighted by molar-refractivity contribution is -0.117. The zero-order valence-corrected chi connectivity index (χ0v) is 13.2. The van der Waals surface area contributed by atoms with E-state index in [1.807, 2.05) is 12.1 Å². The molecule has 0 aromatic heterocycles. The Hall–Kier alpha value is -2.00. The Bertz CT molecular complexity index is 699. The first-order valence-corrected chi connectivity index (χ1v) is 7.79. The summed E-state index contributed by atoms with van der Waals surface area (Å²) < 4.78 is 5.12. The highest BCUT2D eigenvalue weighted by Gasteiger charge is 2.26. The average Bonchev–Trinajstić information content (AvgIpc) is 2.54. The van der Waals surface area contributed by atoms with Crippen LogP contribution in [0.4, 0.5) is 5.69 Å². The molecule has 0 fully saturated rings. The maximum Gasteiger partial charge on any atom is 0.231 e. The van der Waals surface area contributed by atoms with Gasteiger partial charge in [0.2, 0.25) is 5.91 Å². The molecule has 0 aliphatic heterocycles. The van der Waals surface area contributed by atoms with Crippen molar-refractivity contribution in [2.24, 2.45) is 0 Å². The van der Waals surface area contributed by atoms with Gasteiger partial charge in [-0.3, -0.25) is 4.79 Å². The third-order valence-corrected chi connectivity index (χ3v) is 4.40. The van der Waals surface area contributed by atoms with E-state index in [0.717, 1.165) is 24.8 Å². The first-order valence-electron chi connectivity index (χ1n) is 7.41. The van der Waals surface area contributed by atoms with Crippen LogP contribution in [0.5, 0.6) is 5.75 Å².